The summed E-state index contributed by atoms with van der Waals surface area (Å²) in [5.41, 5.74) is 16.7. The fourth-order valence-electron chi connectivity index (χ4n) is 2.38. The van der Waals surface area contributed by atoms with Gasteiger partial charge in [-0.15, -0.1) is 0 Å². The van der Waals surface area contributed by atoms with Crippen molar-refractivity contribution >= 4 is 0 Å². The van der Waals surface area contributed by atoms with Crippen LogP contribution in [-0.2, 0) is 6.42 Å². The van der Waals surface area contributed by atoms with Gasteiger partial charge in [-0.3, -0.25) is 0 Å². The number of hydrogen-bond acceptors (Lipinski definition) is 3. The lowest BCUT2D eigenvalue weighted by Gasteiger charge is -2.18. The van der Waals surface area contributed by atoms with Gasteiger partial charge in [-0.25, -0.2) is 0 Å². The lowest BCUT2D eigenvalue weighted by molar-refractivity contribution is 0.410. The zero-order valence-corrected chi connectivity index (χ0v) is 12.0. The van der Waals surface area contributed by atoms with E-state index in [2.05, 4.69) is 26.8 Å². The maximum atomic E-state index is 5.70. The molecule has 0 aliphatic carbocycles. The van der Waals surface area contributed by atoms with E-state index in [1.807, 2.05) is 0 Å². The van der Waals surface area contributed by atoms with Gasteiger partial charge in [-0.1, -0.05) is 0 Å². The van der Waals surface area contributed by atoms with Gasteiger partial charge in [0.05, 0.1) is 7.11 Å². The van der Waals surface area contributed by atoms with Gasteiger partial charge in [0.15, 0.2) is 0 Å². The zero-order valence-electron chi connectivity index (χ0n) is 12.0. The quantitative estimate of drug-likeness (QED) is 0.812. The van der Waals surface area contributed by atoms with E-state index >= 15 is 0 Å². The van der Waals surface area contributed by atoms with Gasteiger partial charge in [0.2, 0.25) is 0 Å². The Labute approximate surface area is 111 Å². The standard InChI is InChI=1S/C15H26N2O/c1-10-7-15(18-4)12(3)11(2)14(10)6-5-13(8-16)9-17/h7,13H,5-6,8-9,16-17H2,1-4H3. The third-order valence-corrected chi connectivity index (χ3v) is 3.90. The van der Waals surface area contributed by atoms with Gasteiger partial charge in [0, 0.05) is 0 Å². The molecular weight excluding hydrogens is 224 g/mol. The predicted octanol–water partition coefficient (Wildman–Crippen LogP) is 2.09. The second kappa shape index (κ2) is 6.76. The van der Waals surface area contributed by atoms with Gasteiger partial charge in [-0.05, 0) is 80.9 Å². The highest BCUT2D eigenvalue weighted by Crippen LogP contribution is 2.28. The van der Waals surface area contributed by atoms with Crippen LogP contribution in [-0.4, -0.2) is 20.2 Å². The van der Waals surface area contributed by atoms with Gasteiger partial charge in [0.1, 0.15) is 5.75 Å². The molecule has 0 bridgehead atoms. The van der Waals surface area contributed by atoms with Gasteiger partial charge in [-0.2, -0.15) is 0 Å². The molecule has 0 unspecified atom stereocenters. The minimum Gasteiger partial charge on any atom is -0.496 e. The van der Waals surface area contributed by atoms with Crippen LogP contribution < -0.4 is 16.2 Å². The highest BCUT2D eigenvalue weighted by atomic mass is 16.5. The van der Waals surface area contributed by atoms with E-state index in [9.17, 15) is 0 Å². The van der Waals surface area contributed by atoms with Crippen molar-refractivity contribution in [3.63, 3.8) is 0 Å². The molecule has 1 aromatic rings. The Bertz CT molecular complexity index is 398. The third kappa shape index (κ3) is 3.24. The lowest BCUT2D eigenvalue weighted by Crippen LogP contribution is -2.23. The SMILES string of the molecule is COc1cc(C)c(CCC(CN)CN)c(C)c1C. The summed E-state index contributed by atoms with van der Waals surface area (Å²) in [6, 6.07) is 2.12. The molecule has 0 aliphatic heterocycles. The number of aryl methyl sites for hydroxylation is 1. The second-order valence-corrected chi connectivity index (χ2v) is 5.00. The molecule has 1 rings (SSSR count). The van der Waals surface area contributed by atoms with E-state index in [1.165, 1.54) is 22.3 Å². The second-order valence-electron chi connectivity index (χ2n) is 5.00. The molecule has 0 fully saturated rings. The molecule has 0 spiro atoms. The van der Waals surface area contributed by atoms with Gasteiger partial charge in [0.25, 0.3) is 0 Å². The van der Waals surface area contributed by atoms with Crippen molar-refractivity contribution in [2.24, 2.45) is 17.4 Å². The Kier molecular flexibility index (Phi) is 5.63. The predicted molar refractivity (Wildman–Crippen MR) is 77.1 cm³/mol. The van der Waals surface area contributed by atoms with Gasteiger partial charge >= 0.3 is 0 Å². The van der Waals surface area contributed by atoms with Crippen LogP contribution in [0.25, 0.3) is 0 Å². The Morgan fingerprint density at radius 1 is 1.11 bits per heavy atom. The molecular formula is C15H26N2O. The van der Waals surface area contributed by atoms with E-state index in [0.29, 0.717) is 19.0 Å². The molecule has 0 atom stereocenters. The number of methoxy groups -OCH3 is 1. The summed E-state index contributed by atoms with van der Waals surface area (Å²) in [6.07, 6.45) is 2.10. The van der Waals surface area contributed by atoms with Crippen molar-refractivity contribution in [2.45, 2.75) is 33.6 Å². The van der Waals surface area contributed by atoms with Crippen molar-refractivity contribution in [3.8, 4) is 5.75 Å². The van der Waals surface area contributed by atoms with Crippen LogP contribution in [0.4, 0.5) is 0 Å². The molecule has 1 aromatic carbocycles. The first kappa shape index (κ1) is 15.0. The summed E-state index contributed by atoms with van der Waals surface area (Å²) in [4.78, 5) is 0. The van der Waals surface area contributed by atoms with Crippen molar-refractivity contribution in [2.75, 3.05) is 20.2 Å². The van der Waals surface area contributed by atoms with Crippen LogP contribution >= 0.6 is 0 Å². The van der Waals surface area contributed by atoms with Crippen LogP contribution in [0.1, 0.15) is 28.7 Å². The summed E-state index contributed by atoms with van der Waals surface area (Å²) in [5.74, 6) is 1.40. The number of rotatable bonds is 6. The summed E-state index contributed by atoms with van der Waals surface area (Å²) in [6.45, 7) is 7.76. The van der Waals surface area contributed by atoms with Crippen molar-refractivity contribution in [1.29, 1.82) is 0 Å². The van der Waals surface area contributed by atoms with Gasteiger partial charge < -0.3 is 16.2 Å². The van der Waals surface area contributed by atoms with Crippen molar-refractivity contribution in [1.82, 2.24) is 0 Å². The zero-order chi connectivity index (χ0) is 13.7. The minimum absolute atomic E-state index is 0.422. The van der Waals surface area contributed by atoms with E-state index < -0.39 is 0 Å². The average molecular weight is 250 g/mol. The van der Waals surface area contributed by atoms with Crippen LogP contribution in [0.5, 0.6) is 5.75 Å². The highest BCUT2D eigenvalue weighted by molar-refractivity contribution is 5.48. The fourth-order valence-corrected chi connectivity index (χ4v) is 2.38. The lowest BCUT2D eigenvalue weighted by atomic mass is 9.91. The molecule has 0 aliphatic rings. The highest BCUT2D eigenvalue weighted by Gasteiger charge is 2.12. The smallest absolute Gasteiger partial charge is 0.122 e. The van der Waals surface area contributed by atoms with Crippen LogP contribution in [0.3, 0.4) is 0 Å². The molecule has 0 aromatic heterocycles. The molecule has 18 heavy (non-hydrogen) atoms. The maximum Gasteiger partial charge on any atom is 0.122 e. The van der Waals surface area contributed by atoms with Crippen molar-refractivity contribution in [3.05, 3.63) is 28.3 Å². The summed E-state index contributed by atoms with van der Waals surface area (Å²) >= 11 is 0. The molecule has 0 heterocycles. The molecule has 4 N–H and O–H groups in total. The molecule has 3 heteroatoms. The topological polar surface area (TPSA) is 61.3 Å². The fraction of sp³-hybridized carbons (Fsp3) is 0.600. The molecule has 0 saturated heterocycles. The van der Waals surface area contributed by atoms with Crippen LogP contribution in [0, 0.1) is 26.7 Å². The average Bonchev–Trinajstić information content (AvgIpc) is 2.38. The van der Waals surface area contributed by atoms with E-state index in [1.54, 1.807) is 7.11 Å². The number of nitrogens with two attached hydrogens (primary N) is 2. The molecule has 0 saturated carbocycles. The first-order valence-electron chi connectivity index (χ1n) is 6.58. The molecule has 0 radical (unpaired) electrons. The number of ether oxygens (including phenoxy) is 1. The van der Waals surface area contributed by atoms with Crippen molar-refractivity contribution < 1.29 is 4.74 Å². The van der Waals surface area contributed by atoms with E-state index in [-0.39, 0.29) is 0 Å². The third-order valence-electron chi connectivity index (χ3n) is 3.90. The minimum atomic E-state index is 0.422. The normalized spacial score (nSPS) is 11.1. The Hall–Kier alpha value is -1.06. The Balaban J connectivity index is 2.92. The Morgan fingerprint density at radius 3 is 2.22 bits per heavy atom. The van der Waals surface area contributed by atoms with Crippen LogP contribution in [0.2, 0.25) is 0 Å². The molecule has 3 nitrogen and oxygen atoms in total. The number of benzene rings is 1. The largest absolute Gasteiger partial charge is 0.496 e. The first-order chi connectivity index (χ1) is 8.54. The molecule has 0 amide bonds. The molecule has 102 valence electrons. The number of hydrogen-bond donors (Lipinski definition) is 2. The maximum absolute atomic E-state index is 5.70. The van der Waals surface area contributed by atoms with E-state index in [4.69, 9.17) is 16.2 Å². The summed E-state index contributed by atoms with van der Waals surface area (Å²) in [7, 11) is 1.72. The van der Waals surface area contributed by atoms with E-state index in [0.717, 1.165) is 18.6 Å². The summed E-state index contributed by atoms with van der Waals surface area (Å²) in [5, 5.41) is 0. The monoisotopic (exact) mass is 250 g/mol. The van der Waals surface area contributed by atoms with Crippen LogP contribution in [0.15, 0.2) is 6.07 Å². The Morgan fingerprint density at radius 2 is 1.72 bits per heavy atom. The first-order valence-corrected chi connectivity index (χ1v) is 6.58. The summed E-state index contributed by atoms with van der Waals surface area (Å²) < 4.78 is 5.39.